The standard InChI is InChI=1S/C32H30F3N6O4P/c1-2-21-23(33)6-5-17-11-20(45-46(42)43)13-22(24(17)21)27-26(34)28-25(29(35)37-27)30(40-14-18-12-19(15-40)36-18)39-31(38-28)44-16-32-7-3-9-41(32)10-4-8-32/h1,5-6,11,13,18-19,36,42-43H,3-4,7-10,12,14-16H2. The number of nitrogens with one attached hydrogen (secondary N) is 1. The Morgan fingerprint density at radius 1 is 1.04 bits per heavy atom. The van der Waals surface area contributed by atoms with E-state index in [1.54, 1.807) is 0 Å². The highest BCUT2D eigenvalue weighted by Gasteiger charge is 2.45. The van der Waals surface area contributed by atoms with Crippen LogP contribution in [-0.2, 0) is 0 Å². The first-order valence-electron chi connectivity index (χ1n) is 15.3. The molecule has 2 atom stereocenters. The van der Waals surface area contributed by atoms with Crippen LogP contribution in [0.5, 0.6) is 11.8 Å². The molecule has 5 saturated heterocycles. The summed E-state index contributed by atoms with van der Waals surface area (Å²) in [7, 11) is -2.86. The average molecular weight is 651 g/mol. The van der Waals surface area contributed by atoms with Crippen LogP contribution >= 0.6 is 8.60 Å². The Bertz CT molecular complexity index is 1910. The monoisotopic (exact) mass is 650 g/mol. The van der Waals surface area contributed by atoms with Gasteiger partial charge in [0.15, 0.2) is 5.82 Å². The van der Waals surface area contributed by atoms with Gasteiger partial charge in [-0.15, -0.1) is 6.42 Å². The maximum Gasteiger partial charge on any atom is 0.391 e. The van der Waals surface area contributed by atoms with Gasteiger partial charge >= 0.3 is 14.6 Å². The normalized spacial score (nSPS) is 21.9. The van der Waals surface area contributed by atoms with Gasteiger partial charge in [0.05, 0.1) is 11.1 Å². The summed E-state index contributed by atoms with van der Waals surface area (Å²) in [6.07, 6.45) is 10.7. The Kier molecular flexibility index (Phi) is 7.19. The van der Waals surface area contributed by atoms with Gasteiger partial charge in [0.1, 0.15) is 40.6 Å². The number of ether oxygens (including phenoxy) is 1. The van der Waals surface area contributed by atoms with Crippen LogP contribution in [0.3, 0.4) is 0 Å². The molecule has 46 heavy (non-hydrogen) atoms. The SMILES string of the molecule is C#Cc1c(F)ccc2cc(OP(O)O)cc(-c3nc(F)c4c(N5CC6CC(C5)N6)nc(OCC56CCCN5CCC6)nc4c3F)c12. The summed E-state index contributed by atoms with van der Waals surface area (Å²) in [4.78, 5) is 36.5. The molecule has 2 bridgehead atoms. The summed E-state index contributed by atoms with van der Waals surface area (Å²) in [6.45, 7) is 3.41. The molecule has 5 aliphatic rings. The number of benzene rings is 2. The van der Waals surface area contributed by atoms with Gasteiger partial charge in [-0.1, -0.05) is 12.0 Å². The lowest BCUT2D eigenvalue weighted by Gasteiger charge is -2.48. The van der Waals surface area contributed by atoms with Crippen molar-refractivity contribution >= 4 is 36.1 Å². The van der Waals surface area contributed by atoms with Crippen molar-refractivity contribution in [3.8, 4) is 35.4 Å². The van der Waals surface area contributed by atoms with Crippen LogP contribution in [0.1, 0.15) is 37.7 Å². The molecule has 3 N–H and O–H groups in total. The third kappa shape index (κ3) is 4.82. The second-order valence-corrected chi connectivity index (χ2v) is 13.2. The summed E-state index contributed by atoms with van der Waals surface area (Å²) in [5.74, 6) is -0.360. The molecule has 0 spiro atoms. The first-order valence-corrected chi connectivity index (χ1v) is 16.4. The molecule has 0 radical (unpaired) electrons. The molecule has 0 aliphatic carbocycles. The first kappa shape index (κ1) is 29.6. The number of anilines is 1. The molecule has 10 nitrogen and oxygen atoms in total. The van der Waals surface area contributed by atoms with E-state index in [2.05, 4.69) is 31.1 Å². The number of piperazine rings is 1. The predicted octanol–water partition coefficient (Wildman–Crippen LogP) is 4.39. The van der Waals surface area contributed by atoms with E-state index in [4.69, 9.17) is 15.7 Å². The van der Waals surface area contributed by atoms with Gasteiger partial charge in [0.2, 0.25) is 5.95 Å². The number of terminal acetylenes is 1. The van der Waals surface area contributed by atoms with Crippen molar-refractivity contribution in [3.63, 3.8) is 0 Å². The second-order valence-electron chi connectivity index (χ2n) is 12.5. The average Bonchev–Trinajstić information content (AvgIpc) is 3.61. The zero-order valence-electron chi connectivity index (χ0n) is 24.6. The summed E-state index contributed by atoms with van der Waals surface area (Å²) in [5.41, 5.74) is -1.27. The van der Waals surface area contributed by atoms with E-state index in [1.807, 2.05) is 4.90 Å². The van der Waals surface area contributed by atoms with Crippen LogP contribution in [0.25, 0.3) is 32.9 Å². The maximum absolute atomic E-state index is 16.9. The Balaban J connectivity index is 1.31. The lowest BCUT2D eigenvalue weighted by molar-refractivity contribution is 0.107. The van der Waals surface area contributed by atoms with Gasteiger partial charge in [-0.3, -0.25) is 4.90 Å². The largest absolute Gasteiger partial charge is 0.461 e. The molecule has 4 aromatic rings. The van der Waals surface area contributed by atoms with Crippen molar-refractivity contribution in [1.29, 1.82) is 0 Å². The molecule has 7 heterocycles. The van der Waals surface area contributed by atoms with E-state index in [-0.39, 0.29) is 62.6 Å². The number of pyridine rings is 1. The lowest BCUT2D eigenvalue weighted by atomic mass is 9.91. The predicted molar refractivity (Wildman–Crippen MR) is 166 cm³/mol. The fraction of sp³-hybridized carbons (Fsp3) is 0.406. The number of halogens is 3. The molecule has 2 unspecified atom stereocenters. The highest BCUT2D eigenvalue weighted by atomic mass is 31.2. The third-order valence-corrected chi connectivity index (χ3v) is 10.2. The molecule has 0 saturated carbocycles. The molecule has 2 aromatic heterocycles. The molecule has 14 heteroatoms. The zero-order chi connectivity index (χ0) is 31.7. The maximum atomic E-state index is 16.9. The van der Waals surface area contributed by atoms with Crippen LogP contribution in [0.15, 0.2) is 24.3 Å². The van der Waals surface area contributed by atoms with Gasteiger partial charge in [0, 0.05) is 36.1 Å². The van der Waals surface area contributed by atoms with Crippen molar-refractivity contribution < 1.29 is 32.2 Å². The highest BCUT2D eigenvalue weighted by Crippen LogP contribution is 2.43. The van der Waals surface area contributed by atoms with Crippen molar-refractivity contribution in [3.05, 3.63) is 47.4 Å². The topological polar surface area (TPSA) is 116 Å². The fourth-order valence-electron chi connectivity index (χ4n) is 7.80. The van der Waals surface area contributed by atoms with Crippen LogP contribution in [0.4, 0.5) is 19.0 Å². The minimum atomic E-state index is -2.86. The summed E-state index contributed by atoms with van der Waals surface area (Å²) in [5, 5.41) is 3.62. The van der Waals surface area contributed by atoms with Crippen molar-refractivity contribution in [1.82, 2.24) is 25.2 Å². The summed E-state index contributed by atoms with van der Waals surface area (Å²) < 4.78 is 59.4. The van der Waals surface area contributed by atoms with Gasteiger partial charge in [-0.05, 0) is 68.8 Å². The zero-order valence-corrected chi connectivity index (χ0v) is 25.5. The minimum Gasteiger partial charge on any atom is -0.461 e. The molecular formula is C32H30F3N6O4P. The molecular weight excluding hydrogens is 620 g/mol. The third-order valence-electron chi connectivity index (χ3n) is 9.83. The Morgan fingerprint density at radius 3 is 2.48 bits per heavy atom. The lowest BCUT2D eigenvalue weighted by Crippen LogP contribution is -2.67. The Labute approximate surface area is 263 Å². The number of hydrogen-bond acceptors (Lipinski definition) is 10. The molecule has 0 amide bonds. The van der Waals surface area contributed by atoms with E-state index in [0.717, 1.165) is 51.3 Å². The molecule has 238 valence electrons. The molecule has 9 rings (SSSR count). The molecule has 5 aliphatic heterocycles. The van der Waals surface area contributed by atoms with Gasteiger partial charge in [-0.25, -0.2) is 13.8 Å². The van der Waals surface area contributed by atoms with Crippen LogP contribution in [0.2, 0.25) is 0 Å². The number of piperidine rings is 1. The van der Waals surface area contributed by atoms with E-state index in [1.165, 1.54) is 18.2 Å². The number of fused-ring (bicyclic) bond motifs is 5. The van der Waals surface area contributed by atoms with E-state index >= 15 is 8.78 Å². The van der Waals surface area contributed by atoms with E-state index < -0.39 is 31.9 Å². The van der Waals surface area contributed by atoms with Crippen LogP contribution in [0, 0.1) is 29.9 Å². The number of aromatic nitrogens is 3. The quantitative estimate of drug-likeness (QED) is 0.151. The number of nitrogens with zero attached hydrogens (tertiary/aromatic N) is 5. The molecule has 2 aromatic carbocycles. The summed E-state index contributed by atoms with van der Waals surface area (Å²) >= 11 is 0. The summed E-state index contributed by atoms with van der Waals surface area (Å²) in [6, 6.07) is 5.46. The molecule has 5 fully saturated rings. The Hall–Kier alpha value is -3.79. The number of hydrogen-bond donors (Lipinski definition) is 3. The van der Waals surface area contributed by atoms with Gasteiger partial charge in [0.25, 0.3) is 0 Å². The smallest absolute Gasteiger partial charge is 0.391 e. The van der Waals surface area contributed by atoms with E-state index in [0.29, 0.717) is 25.1 Å². The van der Waals surface area contributed by atoms with Crippen LogP contribution < -0.4 is 19.5 Å². The number of rotatable bonds is 7. The van der Waals surface area contributed by atoms with Gasteiger partial charge < -0.3 is 29.3 Å². The minimum absolute atomic E-state index is 0.0678. The van der Waals surface area contributed by atoms with Crippen LogP contribution in [-0.4, -0.2) is 80.0 Å². The van der Waals surface area contributed by atoms with Crippen molar-refractivity contribution in [2.75, 3.05) is 37.7 Å². The first-order chi connectivity index (χ1) is 22.2. The highest BCUT2D eigenvalue weighted by molar-refractivity contribution is 7.39. The fourth-order valence-corrected chi connectivity index (χ4v) is 8.09. The van der Waals surface area contributed by atoms with E-state index in [9.17, 15) is 14.2 Å². The second kappa shape index (κ2) is 11.2. The van der Waals surface area contributed by atoms with Crippen molar-refractivity contribution in [2.45, 2.75) is 49.7 Å². The van der Waals surface area contributed by atoms with Gasteiger partial charge in [-0.2, -0.15) is 14.4 Å². The van der Waals surface area contributed by atoms with Crippen molar-refractivity contribution in [2.24, 2.45) is 0 Å². The Morgan fingerprint density at radius 2 is 1.78 bits per heavy atom.